The molecule has 0 saturated heterocycles. The molecule has 28 heavy (non-hydrogen) atoms. The molecule has 0 aliphatic heterocycles. The second-order valence-corrected chi connectivity index (χ2v) is 5.81. The predicted molar refractivity (Wildman–Crippen MR) is 113 cm³/mol. The summed E-state index contributed by atoms with van der Waals surface area (Å²) in [5.41, 5.74) is 1.89. The molecule has 0 spiro atoms. The van der Waals surface area contributed by atoms with Crippen molar-refractivity contribution < 1.29 is 9.53 Å². The summed E-state index contributed by atoms with van der Waals surface area (Å²) < 4.78 is 6.64. The lowest BCUT2D eigenvalue weighted by molar-refractivity contribution is 0.0948. The number of nitrogens with zero attached hydrogens (tertiary/aromatic N) is 4. The van der Waals surface area contributed by atoms with E-state index < -0.39 is 0 Å². The molecule has 2 N–H and O–H groups in total. The molecule has 3 rings (SSSR count). The quantitative estimate of drug-likeness (QED) is 0.534. The Bertz CT molecular complexity index is 897. The molecule has 2 heterocycles. The third-order valence-corrected chi connectivity index (χ3v) is 4.07. The van der Waals surface area contributed by atoms with E-state index in [1.54, 1.807) is 24.2 Å². The Balaban J connectivity index is 0.00000196. The van der Waals surface area contributed by atoms with Gasteiger partial charge in [0, 0.05) is 49.9 Å². The van der Waals surface area contributed by atoms with E-state index in [4.69, 9.17) is 4.74 Å². The standard InChI is InChI=1S/C18H22N6O2.2ClH/c1-13-17(18(25)21-9-8-19-10-11-26-2)22-23-24(13)16-5-3-4-14-12-20-7-6-15(14)16;;/h3-7,12,19H,8-11H2,1-2H3,(H,21,25);2*1H. The number of ether oxygens (including phenoxy) is 1. The molecule has 0 radical (unpaired) electrons. The number of amides is 1. The summed E-state index contributed by atoms with van der Waals surface area (Å²) in [5, 5.41) is 16.3. The van der Waals surface area contributed by atoms with Gasteiger partial charge in [0.15, 0.2) is 5.69 Å². The molecule has 0 unspecified atom stereocenters. The zero-order chi connectivity index (χ0) is 18.4. The van der Waals surface area contributed by atoms with Crippen LogP contribution in [0.15, 0.2) is 36.7 Å². The molecule has 2 aromatic heterocycles. The fourth-order valence-electron chi connectivity index (χ4n) is 2.71. The number of nitrogens with one attached hydrogen (secondary N) is 2. The van der Waals surface area contributed by atoms with Crippen molar-refractivity contribution in [2.45, 2.75) is 6.92 Å². The summed E-state index contributed by atoms with van der Waals surface area (Å²) in [6.07, 6.45) is 3.54. The van der Waals surface area contributed by atoms with Crippen LogP contribution >= 0.6 is 24.8 Å². The van der Waals surface area contributed by atoms with Gasteiger partial charge in [-0.15, -0.1) is 29.9 Å². The van der Waals surface area contributed by atoms with Crippen molar-refractivity contribution in [3.63, 3.8) is 0 Å². The molecule has 10 heteroatoms. The van der Waals surface area contributed by atoms with Crippen molar-refractivity contribution in [3.05, 3.63) is 48.0 Å². The van der Waals surface area contributed by atoms with Gasteiger partial charge in [0.25, 0.3) is 5.91 Å². The van der Waals surface area contributed by atoms with Gasteiger partial charge in [0.1, 0.15) is 0 Å². The van der Waals surface area contributed by atoms with Gasteiger partial charge < -0.3 is 15.4 Å². The highest BCUT2D eigenvalue weighted by Crippen LogP contribution is 2.22. The number of halogens is 2. The van der Waals surface area contributed by atoms with E-state index in [-0.39, 0.29) is 30.7 Å². The number of carbonyl (C=O) groups is 1. The molecule has 8 nitrogen and oxygen atoms in total. The third kappa shape index (κ3) is 5.39. The summed E-state index contributed by atoms with van der Waals surface area (Å²) in [6, 6.07) is 7.80. The lowest BCUT2D eigenvalue weighted by atomic mass is 10.1. The average Bonchev–Trinajstić information content (AvgIpc) is 3.05. The zero-order valence-corrected chi connectivity index (χ0v) is 17.3. The molecular weight excluding hydrogens is 403 g/mol. The van der Waals surface area contributed by atoms with Gasteiger partial charge in [-0.1, -0.05) is 17.3 Å². The van der Waals surface area contributed by atoms with Crippen LogP contribution in [0.4, 0.5) is 0 Å². The molecule has 0 bridgehead atoms. The summed E-state index contributed by atoms with van der Waals surface area (Å²) in [4.78, 5) is 16.5. The number of hydrogen-bond donors (Lipinski definition) is 2. The second kappa shape index (κ2) is 11.6. The summed E-state index contributed by atoms with van der Waals surface area (Å²) in [6.45, 7) is 4.40. The zero-order valence-electron chi connectivity index (χ0n) is 15.7. The maximum Gasteiger partial charge on any atom is 0.273 e. The van der Waals surface area contributed by atoms with Crippen molar-refractivity contribution in [3.8, 4) is 5.69 Å². The number of pyridine rings is 1. The lowest BCUT2D eigenvalue weighted by Gasteiger charge is -2.08. The lowest BCUT2D eigenvalue weighted by Crippen LogP contribution is -2.33. The van der Waals surface area contributed by atoms with Gasteiger partial charge in [0.05, 0.1) is 18.0 Å². The first kappa shape index (κ1) is 23.8. The minimum atomic E-state index is -0.232. The van der Waals surface area contributed by atoms with Crippen LogP contribution in [0.5, 0.6) is 0 Å². The summed E-state index contributed by atoms with van der Waals surface area (Å²) in [7, 11) is 1.65. The van der Waals surface area contributed by atoms with Gasteiger partial charge in [-0.05, 0) is 19.1 Å². The normalized spacial score (nSPS) is 10.2. The van der Waals surface area contributed by atoms with E-state index in [0.717, 1.165) is 23.0 Å². The smallest absolute Gasteiger partial charge is 0.273 e. The van der Waals surface area contributed by atoms with E-state index in [1.807, 2.05) is 31.2 Å². The Labute approximate surface area is 175 Å². The number of hydrogen-bond acceptors (Lipinski definition) is 6. The van der Waals surface area contributed by atoms with Crippen LogP contribution in [0.3, 0.4) is 0 Å². The number of benzene rings is 1. The van der Waals surface area contributed by atoms with Crippen LogP contribution in [-0.2, 0) is 4.74 Å². The Morgan fingerprint density at radius 3 is 2.79 bits per heavy atom. The van der Waals surface area contributed by atoms with Crippen LogP contribution in [0, 0.1) is 6.92 Å². The molecule has 0 fully saturated rings. The minimum Gasteiger partial charge on any atom is -0.383 e. The van der Waals surface area contributed by atoms with E-state index in [0.29, 0.717) is 31.1 Å². The largest absolute Gasteiger partial charge is 0.383 e. The highest BCUT2D eigenvalue weighted by molar-refractivity contribution is 5.94. The molecule has 152 valence electrons. The molecule has 3 aromatic rings. The van der Waals surface area contributed by atoms with Gasteiger partial charge in [-0.3, -0.25) is 9.78 Å². The number of rotatable bonds is 8. The number of fused-ring (bicyclic) bond motifs is 1. The first-order valence-electron chi connectivity index (χ1n) is 8.45. The Kier molecular flexibility index (Phi) is 9.81. The number of methoxy groups -OCH3 is 1. The maximum atomic E-state index is 12.4. The van der Waals surface area contributed by atoms with Crippen LogP contribution in [0.2, 0.25) is 0 Å². The third-order valence-electron chi connectivity index (χ3n) is 4.07. The Morgan fingerprint density at radius 2 is 2.00 bits per heavy atom. The molecule has 0 aliphatic carbocycles. The molecule has 0 saturated carbocycles. The van der Waals surface area contributed by atoms with Gasteiger partial charge in [0.2, 0.25) is 0 Å². The fourth-order valence-corrected chi connectivity index (χ4v) is 2.71. The first-order chi connectivity index (χ1) is 12.7. The van der Waals surface area contributed by atoms with Crippen molar-refractivity contribution in [2.75, 3.05) is 33.4 Å². The van der Waals surface area contributed by atoms with Gasteiger partial charge >= 0.3 is 0 Å². The average molecular weight is 427 g/mol. The highest BCUT2D eigenvalue weighted by atomic mass is 35.5. The number of carbonyl (C=O) groups excluding carboxylic acids is 1. The first-order valence-corrected chi connectivity index (χ1v) is 8.45. The van der Waals surface area contributed by atoms with Gasteiger partial charge in [-0.25, -0.2) is 4.68 Å². The van der Waals surface area contributed by atoms with Crippen molar-refractivity contribution in [1.82, 2.24) is 30.6 Å². The van der Waals surface area contributed by atoms with E-state index in [2.05, 4.69) is 25.9 Å². The van der Waals surface area contributed by atoms with Gasteiger partial charge in [-0.2, -0.15) is 0 Å². The Hall–Kier alpha value is -2.26. The van der Waals surface area contributed by atoms with E-state index >= 15 is 0 Å². The SMILES string of the molecule is COCCNCCNC(=O)c1nnn(-c2cccc3cnccc23)c1C.Cl.Cl. The molecule has 0 aliphatic rings. The summed E-state index contributed by atoms with van der Waals surface area (Å²) in [5.74, 6) is -0.232. The monoisotopic (exact) mass is 426 g/mol. The van der Waals surface area contributed by atoms with Crippen molar-refractivity contribution in [1.29, 1.82) is 0 Å². The molecule has 0 atom stereocenters. The fraction of sp³-hybridized carbons (Fsp3) is 0.333. The van der Waals surface area contributed by atoms with Crippen LogP contribution < -0.4 is 10.6 Å². The van der Waals surface area contributed by atoms with Crippen LogP contribution in [-0.4, -0.2) is 59.2 Å². The maximum absolute atomic E-state index is 12.4. The topological polar surface area (TPSA) is 94.0 Å². The molecular formula is C18H24Cl2N6O2. The summed E-state index contributed by atoms with van der Waals surface area (Å²) >= 11 is 0. The van der Waals surface area contributed by atoms with E-state index in [1.165, 1.54) is 0 Å². The van der Waals surface area contributed by atoms with Crippen LogP contribution in [0.25, 0.3) is 16.5 Å². The molecule has 1 amide bonds. The van der Waals surface area contributed by atoms with Crippen molar-refractivity contribution in [2.24, 2.45) is 0 Å². The number of aromatic nitrogens is 4. The van der Waals surface area contributed by atoms with Crippen LogP contribution in [0.1, 0.15) is 16.2 Å². The van der Waals surface area contributed by atoms with Crippen molar-refractivity contribution >= 4 is 41.5 Å². The predicted octanol–water partition coefficient (Wildman–Crippen LogP) is 1.93. The van der Waals surface area contributed by atoms with E-state index in [9.17, 15) is 4.79 Å². The Morgan fingerprint density at radius 1 is 1.18 bits per heavy atom. The molecule has 1 aromatic carbocycles. The highest BCUT2D eigenvalue weighted by Gasteiger charge is 2.17. The minimum absolute atomic E-state index is 0. The second-order valence-electron chi connectivity index (χ2n) is 5.81.